The van der Waals surface area contributed by atoms with Crippen LogP contribution in [0.3, 0.4) is 0 Å². The van der Waals surface area contributed by atoms with E-state index in [4.69, 9.17) is 15.7 Å². The fourth-order valence-electron chi connectivity index (χ4n) is 8.55. The molecule has 19 heteroatoms. The summed E-state index contributed by atoms with van der Waals surface area (Å²) >= 11 is 1.35. The first-order valence-corrected chi connectivity index (χ1v) is 21.4. The first-order chi connectivity index (χ1) is 30.7. The summed E-state index contributed by atoms with van der Waals surface area (Å²) in [5, 5.41) is 7.38. The Hall–Kier alpha value is -6.76. The van der Waals surface area contributed by atoms with Crippen molar-refractivity contribution < 1.29 is 35.9 Å². The summed E-state index contributed by atoms with van der Waals surface area (Å²) in [6.07, 6.45) is -0.526. The lowest BCUT2D eigenvalue weighted by molar-refractivity contribution is -0.142. The minimum atomic E-state index is -4.74. The van der Waals surface area contributed by atoms with Crippen molar-refractivity contribution in [3.05, 3.63) is 130 Å². The van der Waals surface area contributed by atoms with Gasteiger partial charge >= 0.3 is 6.18 Å². The Bertz CT molecular complexity index is 2850. The van der Waals surface area contributed by atoms with E-state index in [9.17, 15) is 35.9 Å². The Morgan fingerprint density at radius 2 is 1.66 bits per heavy atom. The Kier molecular flexibility index (Phi) is 11.4. The van der Waals surface area contributed by atoms with Crippen molar-refractivity contribution in [2.75, 3.05) is 36.0 Å². The number of anilines is 2. The van der Waals surface area contributed by atoms with Gasteiger partial charge in [-0.15, -0.1) is 0 Å². The molecule has 64 heavy (non-hydrogen) atoms. The number of aromatic nitrogens is 6. The molecule has 5 heterocycles. The molecule has 0 saturated carbocycles. The molecule has 0 spiro atoms. The SMILES string of the molecule is CC1CCc2c(C(F)(F)F)nn(CC(=O)N[C@@H](Cc3cc(F)cc(F)c3)c3nc4nc(N5CCN(c6ccc(-c7ncc[nH]7)cc6)CC5)sc4cc3-c3ccc(F)c(C(N)=O)c3)c2C1. The van der Waals surface area contributed by atoms with Crippen LogP contribution in [0.15, 0.2) is 79.1 Å². The molecule has 1 unspecified atom stereocenters. The number of benzene rings is 3. The van der Waals surface area contributed by atoms with Gasteiger partial charge in [-0.1, -0.05) is 24.3 Å². The number of carbonyl (C=O) groups excluding carboxylic acids is 2. The van der Waals surface area contributed by atoms with Crippen molar-refractivity contribution in [1.82, 2.24) is 35.0 Å². The van der Waals surface area contributed by atoms with Crippen molar-refractivity contribution in [2.45, 2.75) is 51.4 Å². The third kappa shape index (κ3) is 8.76. The number of piperazine rings is 1. The van der Waals surface area contributed by atoms with Crippen molar-refractivity contribution >= 4 is 44.3 Å². The molecule has 0 radical (unpaired) electrons. The van der Waals surface area contributed by atoms with Crippen molar-refractivity contribution in [3.63, 3.8) is 0 Å². The fraction of sp³-hybridized carbons (Fsp3) is 0.289. The molecule has 1 saturated heterocycles. The maximum atomic E-state index is 14.9. The summed E-state index contributed by atoms with van der Waals surface area (Å²) in [7, 11) is 0. The van der Waals surface area contributed by atoms with Crippen LogP contribution in [-0.4, -0.2) is 67.7 Å². The predicted molar refractivity (Wildman–Crippen MR) is 229 cm³/mol. The van der Waals surface area contributed by atoms with Crippen LogP contribution in [0.1, 0.15) is 58.0 Å². The number of imidazole rings is 1. The monoisotopic (exact) mass is 898 g/mol. The van der Waals surface area contributed by atoms with E-state index in [1.54, 1.807) is 18.5 Å². The zero-order valence-corrected chi connectivity index (χ0v) is 35.0. The summed E-state index contributed by atoms with van der Waals surface area (Å²) in [6.45, 7) is 3.93. The summed E-state index contributed by atoms with van der Waals surface area (Å²) in [5.41, 5.74) is 7.64. The van der Waals surface area contributed by atoms with Gasteiger partial charge < -0.3 is 25.8 Å². The Morgan fingerprint density at radius 3 is 2.34 bits per heavy atom. The normalized spacial score (nSPS) is 16.0. The standard InChI is InChI=1S/C45H40F6N10O2S/c1-24-2-8-31-36(16-24)61(58-40(31)45(49,50)51)23-38(62)55-35(19-25-17-28(46)21-29(47)18-25)39-32(27-5-9-34(48)33(20-27)41(52)63)22-37-43(56-39)57-44(64-37)60-14-12-59(13-15-60)30-6-3-26(4-7-30)42-53-10-11-54-42/h3-7,9-11,17-18,20-22,24,35H,2,8,12-16,19,23H2,1H3,(H2,52,63)(H,53,54)(H,55,62)/t24?,35-/m0/s1. The number of aromatic amines is 1. The number of pyridine rings is 1. The van der Waals surface area contributed by atoms with Gasteiger partial charge in [0.2, 0.25) is 5.91 Å². The van der Waals surface area contributed by atoms with E-state index in [1.807, 2.05) is 31.2 Å². The second-order valence-electron chi connectivity index (χ2n) is 16.1. The Balaban J connectivity index is 1.07. The molecule has 2 aliphatic rings. The number of amides is 2. The highest BCUT2D eigenvalue weighted by Gasteiger charge is 2.40. The van der Waals surface area contributed by atoms with Crippen molar-refractivity contribution in [1.29, 1.82) is 0 Å². The quantitative estimate of drug-likeness (QED) is 0.111. The van der Waals surface area contributed by atoms with Crippen molar-refractivity contribution in [2.24, 2.45) is 11.7 Å². The molecule has 0 bridgehead atoms. The Morgan fingerprint density at radius 1 is 0.938 bits per heavy atom. The summed E-state index contributed by atoms with van der Waals surface area (Å²) in [5.74, 6) is -3.56. The minimum Gasteiger partial charge on any atom is -0.368 e. The van der Waals surface area contributed by atoms with Crippen LogP contribution in [0.5, 0.6) is 0 Å². The van der Waals surface area contributed by atoms with Gasteiger partial charge in [-0.3, -0.25) is 14.3 Å². The van der Waals surface area contributed by atoms with Gasteiger partial charge in [0, 0.05) is 72.7 Å². The molecule has 1 fully saturated rings. The number of fused-ring (bicyclic) bond motifs is 2. The number of thiazole rings is 1. The lowest BCUT2D eigenvalue weighted by Gasteiger charge is -2.36. The number of halogens is 6. The van der Waals surface area contributed by atoms with Crippen LogP contribution in [0.2, 0.25) is 0 Å². The molecule has 1 aliphatic carbocycles. The van der Waals surface area contributed by atoms with E-state index < -0.39 is 59.3 Å². The lowest BCUT2D eigenvalue weighted by Crippen LogP contribution is -2.46. The second kappa shape index (κ2) is 17.1. The van der Waals surface area contributed by atoms with Gasteiger partial charge in [0.05, 0.1) is 22.0 Å². The van der Waals surface area contributed by atoms with E-state index in [1.165, 1.54) is 23.5 Å². The molecule has 4 aromatic heterocycles. The molecule has 12 nitrogen and oxygen atoms in total. The zero-order chi connectivity index (χ0) is 44.9. The number of primary amides is 1. The summed E-state index contributed by atoms with van der Waals surface area (Å²) < 4.78 is 88.3. The molecule has 9 rings (SSSR count). The number of hydrogen-bond acceptors (Lipinski definition) is 9. The van der Waals surface area contributed by atoms with E-state index in [0.717, 1.165) is 40.0 Å². The minimum absolute atomic E-state index is 0.0553. The van der Waals surface area contributed by atoms with Gasteiger partial charge in [-0.05, 0) is 97.3 Å². The first-order valence-electron chi connectivity index (χ1n) is 20.6. The molecule has 3 aromatic carbocycles. The second-order valence-corrected chi connectivity index (χ2v) is 17.1. The van der Waals surface area contributed by atoms with Gasteiger partial charge in [-0.2, -0.15) is 23.3 Å². The molecule has 2 atom stereocenters. The maximum absolute atomic E-state index is 14.9. The lowest BCUT2D eigenvalue weighted by atomic mass is 9.88. The third-order valence-corrected chi connectivity index (χ3v) is 12.7. The Labute approximate surface area is 366 Å². The van der Waals surface area contributed by atoms with Crippen LogP contribution in [0.4, 0.5) is 37.2 Å². The number of hydrogen-bond donors (Lipinski definition) is 3. The molecule has 2 amide bonds. The number of nitrogens with one attached hydrogen (secondary N) is 2. The molecule has 330 valence electrons. The molecule has 1 aliphatic heterocycles. The average molecular weight is 899 g/mol. The first kappa shape index (κ1) is 42.5. The van der Waals surface area contributed by atoms with Crippen molar-refractivity contribution in [3.8, 4) is 22.5 Å². The maximum Gasteiger partial charge on any atom is 0.435 e. The topological polar surface area (TPSA) is 151 Å². The van der Waals surface area contributed by atoms with Gasteiger partial charge in [0.1, 0.15) is 29.8 Å². The van der Waals surface area contributed by atoms with Crippen LogP contribution < -0.4 is 20.9 Å². The van der Waals surface area contributed by atoms with E-state index >= 15 is 0 Å². The highest BCUT2D eigenvalue weighted by molar-refractivity contribution is 7.22. The number of H-pyrrole nitrogens is 1. The highest BCUT2D eigenvalue weighted by Crippen LogP contribution is 2.39. The fourth-order valence-corrected chi connectivity index (χ4v) is 9.55. The van der Waals surface area contributed by atoms with Crippen LogP contribution in [-0.2, 0) is 36.8 Å². The van der Waals surface area contributed by atoms with Crippen LogP contribution >= 0.6 is 11.3 Å². The summed E-state index contributed by atoms with van der Waals surface area (Å²) in [6, 6.07) is 15.3. The number of nitrogens with two attached hydrogens (primary N) is 1. The largest absolute Gasteiger partial charge is 0.435 e. The number of nitrogens with zero attached hydrogens (tertiary/aromatic N) is 7. The van der Waals surface area contributed by atoms with Gasteiger partial charge in [0.25, 0.3) is 5.91 Å². The van der Waals surface area contributed by atoms with Gasteiger partial charge in [0.15, 0.2) is 16.5 Å². The van der Waals surface area contributed by atoms with Crippen LogP contribution in [0.25, 0.3) is 32.9 Å². The van der Waals surface area contributed by atoms with Crippen LogP contribution in [0, 0.1) is 23.4 Å². The molecule has 7 aromatic rings. The smallest absolute Gasteiger partial charge is 0.368 e. The number of rotatable bonds is 11. The van der Waals surface area contributed by atoms with E-state index in [2.05, 4.69) is 30.2 Å². The van der Waals surface area contributed by atoms with Gasteiger partial charge in [-0.25, -0.2) is 23.1 Å². The zero-order valence-electron chi connectivity index (χ0n) is 34.2. The molecular weight excluding hydrogens is 859 g/mol. The predicted octanol–water partition coefficient (Wildman–Crippen LogP) is 8.03. The molecular formula is C45H40F6N10O2S. The summed E-state index contributed by atoms with van der Waals surface area (Å²) in [4.78, 5) is 48.1. The number of carbonyl (C=O) groups is 2. The average Bonchev–Trinajstić information content (AvgIpc) is 4.03. The highest BCUT2D eigenvalue weighted by atomic mass is 32.1. The van der Waals surface area contributed by atoms with E-state index in [0.29, 0.717) is 59.8 Å². The van der Waals surface area contributed by atoms with E-state index in [-0.39, 0.29) is 53.2 Å². The third-order valence-electron chi connectivity index (χ3n) is 11.7. The molecule has 4 N–H and O–H groups in total. The number of alkyl halides is 3.